The Labute approximate surface area is 181 Å². The molecule has 0 bridgehead atoms. The van der Waals surface area contributed by atoms with Gasteiger partial charge in [-0.15, -0.1) is 0 Å². The fourth-order valence-corrected chi connectivity index (χ4v) is 4.19. The van der Waals surface area contributed by atoms with Gasteiger partial charge >= 0.3 is 0 Å². The Morgan fingerprint density at radius 3 is 2.80 bits per heavy atom. The summed E-state index contributed by atoms with van der Waals surface area (Å²) in [6, 6.07) is 13.5. The highest BCUT2D eigenvalue weighted by molar-refractivity contribution is 6.32. The van der Waals surface area contributed by atoms with E-state index in [9.17, 15) is 5.11 Å². The Bertz CT molecular complexity index is 1030. The molecule has 0 aliphatic carbocycles. The lowest BCUT2D eigenvalue weighted by molar-refractivity contribution is -0.0274. The summed E-state index contributed by atoms with van der Waals surface area (Å²) in [5.74, 6) is 1.88. The monoisotopic (exact) mass is 428 g/mol. The molecule has 2 aromatic carbocycles. The van der Waals surface area contributed by atoms with Crippen LogP contribution in [0.15, 0.2) is 48.7 Å². The molecule has 4 rings (SSSR count). The van der Waals surface area contributed by atoms with E-state index >= 15 is 0 Å². The van der Waals surface area contributed by atoms with Crippen LogP contribution in [0.3, 0.4) is 0 Å². The van der Waals surface area contributed by atoms with Crippen molar-refractivity contribution in [3.63, 3.8) is 0 Å². The third kappa shape index (κ3) is 4.46. The summed E-state index contributed by atoms with van der Waals surface area (Å²) in [4.78, 5) is 6.51. The highest BCUT2D eigenvalue weighted by Gasteiger charge is 2.29. The minimum Gasteiger partial charge on any atom is -0.493 e. The van der Waals surface area contributed by atoms with Gasteiger partial charge in [-0.1, -0.05) is 17.7 Å². The number of aliphatic hydroxyl groups excluding tert-OH is 1. The van der Waals surface area contributed by atoms with Crippen molar-refractivity contribution in [3.8, 4) is 17.2 Å². The van der Waals surface area contributed by atoms with E-state index < -0.39 is 6.10 Å². The van der Waals surface area contributed by atoms with Crippen molar-refractivity contribution in [1.29, 1.82) is 0 Å². The van der Waals surface area contributed by atoms with Gasteiger partial charge in [-0.25, -0.2) is 0 Å². The lowest BCUT2D eigenvalue weighted by Gasteiger charge is -2.36. The quantitative estimate of drug-likeness (QED) is 0.642. The Hall–Kier alpha value is -2.54. The maximum atomic E-state index is 10.7. The van der Waals surface area contributed by atoms with E-state index in [-0.39, 0.29) is 6.10 Å². The summed E-state index contributed by atoms with van der Waals surface area (Å²) in [5, 5.41) is 12.2. The zero-order valence-corrected chi connectivity index (χ0v) is 17.8. The fourth-order valence-electron chi connectivity index (χ4n) is 3.88. The number of aromatic nitrogens is 1. The van der Waals surface area contributed by atoms with Crippen LogP contribution in [0.1, 0.15) is 12.0 Å². The molecule has 3 aromatic rings. The first-order chi connectivity index (χ1) is 14.6. The van der Waals surface area contributed by atoms with Crippen LogP contribution in [0.25, 0.3) is 10.9 Å². The smallest absolute Gasteiger partial charge is 0.179 e. The average molecular weight is 429 g/mol. The molecule has 1 fully saturated rings. The van der Waals surface area contributed by atoms with Crippen LogP contribution in [-0.2, 0) is 6.54 Å². The zero-order chi connectivity index (χ0) is 21.1. The number of halogens is 1. The number of likely N-dealkylation sites (tertiary alicyclic amines) is 1. The molecule has 0 amide bonds. The van der Waals surface area contributed by atoms with Gasteiger partial charge in [0.25, 0.3) is 0 Å². The molecular weight excluding hydrogens is 404 g/mol. The second kappa shape index (κ2) is 9.08. The third-order valence-electron chi connectivity index (χ3n) is 5.37. The van der Waals surface area contributed by atoms with Crippen molar-refractivity contribution in [3.05, 3.63) is 59.2 Å². The van der Waals surface area contributed by atoms with Crippen LogP contribution in [0, 0.1) is 0 Å². The molecule has 0 spiro atoms. The van der Waals surface area contributed by atoms with Crippen molar-refractivity contribution < 1.29 is 19.3 Å². The van der Waals surface area contributed by atoms with Crippen molar-refractivity contribution in [2.24, 2.45) is 0 Å². The van der Waals surface area contributed by atoms with E-state index in [1.165, 1.54) is 0 Å². The van der Waals surface area contributed by atoms with Crippen LogP contribution < -0.4 is 14.2 Å². The van der Waals surface area contributed by atoms with Crippen LogP contribution in [0.2, 0.25) is 5.02 Å². The molecule has 1 N–H and O–H groups in total. The molecule has 2 atom stereocenters. The number of pyridine rings is 1. The minimum atomic E-state index is -0.584. The lowest BCUT2D eigenvalue weighted by atomic mass is 10.0. The molecule has 1 aromatic heterocycles. The second-order valence-electron chi connectivity index (χ2n) is 7.42. The first-order valence-corrected chi connectivity index (χ1v) is 10.3. The summed E-state index contributed by atoms with van der Waals surface area (Å²) in [6.45, 7) is 1.99. The molecule has 2 heterocycles. The SMILES string of the molecule is COc1cc(CN2CC[C@@H](Oc3ccc4ncccc4c3)[C@H](O)C2)cc(Cl)c1OC. The van der Waals surface area contributed by atoms with E-state index in [1.54, 1.807) is 20.4 Å². The predicted octanol–water partition coefficient (Wildman–Crippen LogP) is 3.92. The van der Waals surface area contributed by atoms with Crippen LogP contribution >= 0.6 is 11.6 Å². The van der Waals surface area contributed by atoms with E-state index in [4.69, 9.17) is 25.8 Å². The van der Waals surface area contributed by atoms with Gasteiger partial charge in [0.05, 0.1) is 24.8 Å². The van der Waals surface area contributed by atoms with E-state index in [2.05, 4.69) is 9.88 Å². The van der Waals surface area contributed by atoms with Crippen molar-refractivity contribution in [1.82, 2.24) is 9.88 Å². The van der Waals surface area contributed by atoms with Gasteiger partial charge in [0.1, 0.15) is 18.0 Å². The molecule has 1 aliphatic rings. The van der Waals surface area contributed by atoms with Gasteiger partial charge in [-0.05, 0) is 48.4 Å². The van der Waals surface area contributed by atoms with Crippen molar-refractivity contribution in [2.75, 3.05) is 27.3 Å². The highest BCUT2D eigenvalue weighted by Crippen LogP contribution is 2.36. The summed E-state index contributed by atoms with van der Waals surface area (Å²) < 4.78 is 16.8. The molecule has 0 radical (unpaired) electrons. The topological polar surface area (TPSA) is 64.1 Å². The Balaban J connectivity index is 1.40. The van der Waals surface area contributed by atoms with Gasteiger partial charge in [-0.3, -0.25) is 9.88 Å². The van der Waals surface area contributed by atoms with Crippen LogP contribution in [0.4, 0.5) is 0 Å². The number of fused-ring (bicyclic) bond motifs is 1. The summed E-state index contributed by atoms with van der Waals surface area (Å²) >= 11 is 6.32. The number of hydrogen-bond acceptors (Lipinski definition) is 6. The first-order valence-electron chi connectivity index (χ1n) is 9.89. The van der Waals surface area contributed by atoms with Gasteiger partial charge in [-0.2, -0.15) is 0 Å². The number of hydrogen-bond donors (Lipinski definition) is 1. The Morgan fingerprint density at radius 2 is 2.03 bits per heavy atom. The highest BCUT2D eigenvalue weighted by atomic mass is 35.5. The number of nitrogens with zero attached hydrogens (tertiary/aromatic N) is 2. The lowest BCUT2D eigenvalue weighted by Crippen LogP contribution is -2.48. The largest absolute Gasteiger partial charge is 0.493 e. The second-order valence-corrected chi connectivity index (χ2v) is 7.83. The molecule has 7 heteroatoms. The van der Waals surface area contributed by atoms with Crippen LogP contribution in [-0.4, -0.2) is 54.5 Å². The average Bonchev–Trinajstić information content (AvgIpc) is 2.75. The molecule has 158 valence electrons. The fraction of sp³-hybridized carbons (Fsp3) is 0.348. The number of benzene rings is 2. The summed E-state index contributed by atoms with van der Waals surface area (Å²) in [6.07, 6.45) is 1.67. The number of ether oxygens (including phenoxy) is 3. The van der Waals surface area contributed by atoms with E-state index in [0.29, 0.717) is 29.6 Å². The summed E-state index contributed by atoms with van der Waals surface area (Å²) in [5.41, 5.74) is 1.93. The zero-order valence-electron chi connectivity index (χ0n) is 17.0. The van der Waals surface area contributed by atoms with Gasteiger partial charge in [0.2, 0.25) is 0 Å². The molecule has 30 heavy (non-hydrogen) atoms. The van der Waals surface area contributed by atoms with Gasteiger partial charge in [0.15, 0.2) is 11.5 Å². The van der Waals surface area contributed by atoms with Crippen molar-refractivity contribution in [2.45, 2.75) is 25.2 Å². The standard InChI is InChI=1S/C23H25ClN2O4/c1-28-22-11-15(10-18(24)23(22)29-2)13-26-9-7-21(20(27)14-26)30-17-5-6-19-16(12-17)4-3-8-25-19/h3-6,8,10-12,20-21,27H,7,9,13-14H2,1-2H3/t20-,21-/m1/s1. The molecule has 1 aliphatic heterocycles. The first kappa shape index (κ1) is 20.7. The number of piperidine rings is 1. The minimum absolute atomic E-state index is 0.246. The number of rotatable bonds is 6. The van der Waals surface area contributed by atoms with Gasteiger partial charge < -0.3 is 19.3 Å². The molecule has 1 saturated heterocycles. The van der Waals surface area contributed by atoms with Crippen molar-refractivity contribution >= 4 is 22.5 Å². The normalized spacial score (nSPS) is 19.6. The molecule has 6 nitrogen and oxygen atoms in total. The predicted molar refractivity (Wildman–Crippen MR) is 117 cm³/mol. The number of β-amino-alcohol motifs (C(OH)–C–C–N with tert-alkyl or cyclic N) is 1. The Kier molecular flexibility index (Phi) is 6.27. The number of methoxy groups -OCH3 is 2. The van der Waals surface area contributed by atoms with E-state index in [0.717, 1.165) is 35.2 Å². The van der Waals surface area contributed by atoms with Crippen LogP contribution in [0.5, 0.6) is 17.2 Å². The molecule has 0 unspecified atom stereocenters. The Morgan fingerprint density at radius 1 is 1.17 bits per heavy atom. The maximum Gasteiger partial charge on any atom is 0.179 e. The molecular formula is C23H25ClN2O4. The van der Waals surface area contributed by atoms with Gasteiger partial charge in [0, 0.05) is 31.2 Å². The number of aliphatic hydroxyl groups is 1. The summed E-state index contributed by atoms with van der Waals surface area (Å²) in [7, 11) is 3.16. The van der Waals surface area contributed by atoms with E-state index in [1.807, 2.05) is 42.5 Å². The third-order valence-corrected chi connectivity index (χ3v) is 5.65. The molecule has 0 saturated carbocycles. The maximum absolute atomic E-state index is 10.7.